The van der Waals surface area contributed by atoms with Crippen molar-refractivity contribution in [3.8, 4) is 0 Å². The molecule has 1 rings (SSSR count). The molecule has 0 heterocycles. The lowest BCUT2D eigenvalue weighted by molar-refractivity contribution is -0.532. The topological polar surface area (TPSA) is 63.4 Å². The van der Waals surface area contributed by atoms with Crippen LogP contribution in [0.1, 0.15) is 39.0 Å². The number of aliphatic hydroxyl groups is 1. The molecule has 1 fully saturated rings. The van der Waals surface area contributed by atoms with Crippen LogP contribution in [0.3, 0.4) is 0 Å². The van der Waals surface area contributed by atoms with Crippen molar-refractivity contribution in [3.63, 3.8) is 0 Å². The molecule has 0 bridgehead atoms. The maximum atomic E-state index is 10.4. The van der Waals surface area contributed by atoms with Crippen LogP contribution in [0.25, 0.3) is 0 Å². The van der Waals surface area contributed by atoms with E-state index < -0.39 is 12.1 Å². The fourth-order valence-corrected chi connectivity index (χ4v) is 1.99. The predicted molar refractivity (Wildman–Crippen MR) is 49.0 cm³/mol. The Labute approximate surface area is 78.1 Å². The van der Waals surface area contributed by atoms with Crippen LogP contribution < -0.4 is 0 Å². The third kappa shape index (κ3) is 2.66. The summed E-state index contributed by atoms with van der Waals surface area (Å²) in [5.41, 5.74) is 0. The molecule has 0 aromatic heterocycles. The van der Waals surface area contributed by atoms with Crippen molar-refractivity contribution in [3.05, 3.63) is 10.1 Å². The molecule has 1 aliphatic rings. The van der Waals surface area contributed by atoms with E-state index in [1.165, 1.54) is 13.3 Å². The van der Waals surface area contributed by atoms with Gasteiger partial charge in [-0.25, -0.2) is 0 Å². The molecular formula is C9H17NO3. The lowest BCUT2D eigenvalue weighted by Crippen LogP contribution is -2.37. The van der Waals surface area contributed by atoms with Gasteiger partial charge in [-0.1, -0.05) is 19.3 Å². The minimum absolute atomic E-state index is 0.147. The van der Waals surface area contributed by atoms with E-state index in [2.05, 4.69) is 0 Å². The summed E-state index contributed by atoms with van der Waals surface area (Å²) in [7, 11) is 0. The molecule has 1 N–H and O–H groups in total. The predicted octanol–water partition coefficient (Wildman–Crippen LogP) is 1.59. The summed E-state index contributed by atoms with van der Waals surface area (Å²) >= 11 is 0. The quantitative estimate of drug-likeness (QED) is 0.539. The summed E-state index contributed by atoms with van der Waals surface area (Å²) in [6.07, 6.45) is 4.54. The highest BCUT2D eigenvalue weighted by molar-refractivity contribution is 4.76. The van der Waals surface area contributed by atoms with E-state index in [1.807, 2.05) is 0 Å². The fourth-order valence-electron chi connectivity index (χ4n) is 1.99. The molecule has 0 saturated heterocycles. The minimum atomic E-state index is -0.817. The number of aliphatic hydroxyl groups excluding tert-OH is 1. The average molecular weight is 187 g/mol. The van der Waals surface area contributed by atoms with Crippen molar-refractivity contribution in [1.82, 2.24) is 0 Å². The molecule has 0 unspecified atom stereocenters. The molecule has 1 aliphatic carbocycles. The van der Waals surface area contributed by atoms with E-state index in [0.717, 1.165) is 25.7 Å². The number of hydrogen-bond donors (Lipinski definition) is 1. The number of nitro groups is 1. The summed E-state index contributed by atoms with van der Waals surface area (Å²) in [5, 5.41) is 20.1. The second-order valence-corrected chi connectivity index (χ2v) is 3.91. The number of hydrogen-bond acceptors (Lipinski definition) is 3. The van der Waals surface area contributed by atoms with Gasteiger partial charge in [0, 0.05) is 11.8 Å². The molecule has 13 heavy (non-hydrogen) atoms. The first-order valence-corrected chi connectivity index (χ1v) is 4.94. The van der Waals surface area contributed by atoms with E-state index >= 15 is 0 Å². The lowest BCUT2D eigenvalue weighted by Gasteiger charge is -2.26. The zero-order valence-corrected chi connectivity index (χ0v) is 7.98. The Hall–Kier alpha value is -0.640. The van der Waals surface area contributed by atoms with Gasteiger partial charge in [-0.2, -0.15) is 0 Å². The van der Waals surface area contributed by atoms with E-state index in [0.29, 0.717) is 0 Å². The maximum absolute atomic E-state index is 10.4. The van der Waals surface area contributed by atoms with Crippen molar-refractivity contribution in [2.75, 3.05) is 0 Å². The Kier molecular flexibility index (Phi) is 3.66. The van der Waals surface area contributed by atoms with Gasteiger partial charge in [-0.15, -0.1) is 0 Å². The SMILES string of the molecule is C[C@@H]([C@@H](O)C1CCCCC1)[N+](=O)[O-]. The lowest BCUT2D eigenvalue weighted by atomic mass is 9.83. The summed E-state index contributed by atoms with van der Waals surface area (Å²) in [5.74, 6) is 0.147. The van der Waals surface area contributed by atoms with Gasteiger partial charge in [0.25, 0.3) is 0 Å². The molecule has 0 amide bonds. The molecule has 76 valence electrons. The highest BCUT2D eigenvalue weighted by Crippen LogP contribution is 2.28. The smallest absolute Gasteiger partial charge is 0.236 e. The number of nitrogens with zero attached hydrogens (tertiary/aromatic N) is 1. The molecule has 0 radical (unpaired) electrons. The summed E-state index contributed by atoms with van der Waals surface area (Å²) in [6.45, 7) is 1.49. The van der Waals surface area contributed by atoms with Gasteiger partial charge < -0.3 is 5.11 Å². The van der Waals surface area contributed by atoms with Crippen molar-refractivity contribution in [2.45, 2.75) is 51.2 Å². The van der Waals surface area contributed by atoms with E-state index in [4.69, 9.17) is 0 Å². The molecule has 1 saturated carbocycles. The van der Waals surface area contributed by atoms with Crippen LogP contribution >= 0.6 is 0 Å². The Morgan fingerprint density at radius 2 is 1.92 bits per heavy atom. The zero-order chi connectivity index (χ0) is 9.84. The van der Waals surface area contributed by atoms with Crippen molar-refractivity contribution in [1.29, 1.82) is 0 Å². The van der Waals surface area contributed by atoms with Gasteiger partial charge in [-0.3, -0.25) is 10.1 Å². The first-order chi connectivity index (χ1) is 6.13. The second-order valence-electron chi connectivity index (χ2n) is 3.91. The van der Waals surface area contributed by atoms with E-state index in [-0.39, 0.29) is 10.8 Å². The van der Waals surface area contributed by atoms with Crippen LogP contribution in [0.5, 0.6) is 0 Å². The summed E-state index contributed by atoms with van der Waals surface area (Å²) in [6, 6.07) is -0.817. The third-order valence-electron chi connectivity index (χ3n) is 2.96. The summed E-state index contributed by atoms with van der Waals surface area (Å²) < 4.78 is 0. The normalized spacial score (nSPS) is 23.8. The largest absolute Gasteiger partial charge is 0.386 e. The Morgan fingerprint density at radius 1 is 1.38 bits per heavy atom. The molecule has 0 aliphatic heterocycles. The monoisotopic (exact) mass is 187 g/mol. The zero-order valence-electron chi connectivity index (χ0n) is 7.98. The van der Waals surface area contributed by atoms with Crippen molar-refractivity contribution < 1.29 is 10.0 Å². The van der Waals surface area contributed by atoms with Gasteiger partial charge in [0.15, 0.2) is 0 Å². The Bertz CT molecular complexity index is 178. The van der Waals surface area contributed by atoms with Gasteiger partial charge >= 0.3 is 0 Å². The van der Waals surface area contributed by atoms with Crippen LogP contribution in [0.2, 0.25) is 0 Å². The molecule has 0 spiro atoms. The average Bonchev–Trinajstić information content (AvgIpc) is 2.17. The summed E-state index contributed by atoms with van der Waals surface area (Å²) in [4.78, 5) is 10.0. The maximum Gasteiger partial charge on any atom is 0.236 e. The van der Waals surface area contributed by atoms with E-state index in [9.17, 15) is 15.2 Å². The highest BCUT2D eigenvalue weighted by atomic mass is 16.6. The highest BCUT2D eigenvalue weighted by Gasteiger charge is 2.32. The van der Waals surface area contributed by atoms with Gasteiger partial charge in [-0.05, 0) is 18.8 Å². The third-order valence-corrected chi connectivity index (χ3v) is 2.96. The van der Waals surface area contributed by atoms with E-state index in [1.54, 1.807) is 0 Å². The first kappa shape index (κ1) is 10.4. The van der Waals surface area contributed by atoms with Crippen molar-refractivity contribution >= 4 is 0 Å². The minimum Gasteiger partial charge on any atom is -0.386 e. The Balaban J connectivity index is 2.44. The van der Waals surface area contributed by atoms with Crippen LogP contribution in [-0.2, 0) is 0 Å². The van der Waals surface area contributed by atoms with Crippen LogP contribution in [-0.4, -0.2) is 22.2 Å². The van der Waals surface area contributed by atoms with Gasteiger partial charge in [0.05, 0.1) is 0 Å². The van der Waals surface area contributed by atoms with Crippen LogP contribution in [0.4, 0.5) is 0 Å². The molecule has 2 atom stereocenters. The molecule has 4 heteroatoms. The Morgan fingerprint density at radius 3 is 2.38 bits per heavy atom. The second kappa shape index (κ2) is 4.56. The van der Waals surface area contributed by atoms with Gasteiger partial charge in [0.2, 0.25) is 6.04 Å². The molecule has 0 aromatic rings. The van der Waals surface area contributed by atoms with Crippen molar-refractivity contribution in [2.24, 2.45) is 5.92 Å². The molecule has 4 nitrogen and oxygen atoms in total. The fraction of sp³-hybridized carbons (Fsp3) is 1.00. The first-order valence-electron chi connectivity index (χ1n) is 4.94. The number of rotatable bonds is 3. The van der Waals surface area contributed by atoms with Crippen LogP contribution in [0, 0.1) is 16.0 Å². The van der Waals surface area contributed by atoms with Gasteiger partial charge in [0.1, 0.15) is 6.10 Å². The standard InChI is InChI=1S/C9H17NO3/c1-7(10(12)13)9(11)8-5-3-2-4-6-8/h7-9,11H,2-6H2,1H3/t7-,9+/m0/s1. The molecule has 0 aromatic carbocycles. The van der Waals surface area contributed by atoms with Crippen LogP contribution in [0.15, 0.2) is 0 Å². The molecular weight excluding hydrogens is 170 g/mol.